The maximum Gasteiger partial charge on any atom is 0.337 e. The van der Waals surface area contributed by atoms with E-state index in [9.17, 15) is 4.79 Å². The van der Waals surface area contributed by atoms with E-state index >= 15 is 0 Å². The third-order valence-electron chi connectivity index (χ3n) is 4.71. The summed E-state index contributed by atoms with van der Waals surface area (Å²) in [5.74, 6) is -0.0751. The predicted molar refractivity (Wildman–Crippen MR) is 106 cm³/mol. The van der Waals surface area contributed by atoms with Crippen LogP contribution in [-0.2, 0) is 4.74 Å². The average Bonchev–Trinajstić information content (AvgIpc) is 2.70. The van der Waals surface area contributed by atoms with Gasteiger partial charge in [-0.15, -0.1) is 0 Å². The van der Waals surface area contributed by atoms with Crippen molar-refractivity contribution in [1.29, 1.82) is 0 Å². The van der Waals surface area contributed by atoms with Gasteiger partial charge in [0.15, 0.2) is 0 Å². The number of rotatable bonds is 3. The van der Waals surface area contributed by atoms with E-state index in [0.29, 0.717) is 5.56 Å². The van der Waals surface area contributed by atoms with Gasteiger partial charge < -0.3 is 10.1 Å². The van der Waals surface area contributed by atoms with Gasteiger partial charge in [0, 0.05) is 15.7 Å². The molecule has 3 aromatic rings. The highest BCUT2D eigenvalue weighted by Crippen LogP contribution is 2.45. The molecular formula is C22H19NO2S. The van der Waals surface area contributed by atoms with Crippen molar-refractivity contribution in [2.24, 2.45) is 0 Å². The molecule has 0 aliphatic carbocycles. The van der Waals surface area contributed by atoms with Gasteiger partial charge in [0.1, 0.15) is 0 Å². The predicted octanol–water partition coefficient (Wildman–Crippen LogP) is 5.83. The summed E-state index contributed by atoms with van der Waals surface area (Å²) in [7, 11) is 1.40. The molecule has 0 saturated carbocycles. The Hall–Kier alpha value is -2.72. The summed E-state index contributed by atoms with van der Waals surface area (Å²) in [5.41, 5.74) is 5.27. The maximum atomic E-state index is 11.6. The van der Waals surface area contributed by atoms with Crippen LogP contribution >= 0.6 is 11.8 Å². The third-order valence-corrected chi connectivity index (χ3v) is 5.86. The van der Waals surface area contributed by atoms with Crippen LogP contribution in [0.5, 0.6) is 0 Å². The number of benzene rings is 3. The topological polar surface area (TPSA) is 38.3 Å². The Morgan fingerprint density at radius 3 is 2.38 bits per heavy atom. The first-order valence-corrected chi connectivity index (χ1v) is 9.33. The molecule has 0 spiro atoms. The summed E-state index contributed by atoms with van der Waals surface area (Å²) in [4.78, 5) is 14.1. The number of hydrogen-bond acceptors (Lipinski definition) is 4. The second kappa shape index (κ2) is 6.89. The van der Waals surface area contributed by atoms with Crippen molar-refractivity contribution in [1.82, 2.24) is 0 Å². The lowest BCUT2D eigenvalue weighted by atomic mass is 9.92. The van der Waals surface area contributed by atoms with Crippen molar-refractivity contribution in [3.63, 3.8) is 0 Å². The fourth-order valence-corrected chi connectivity index (χ4v) is 4.11. The molecule has 1 unspecified atom stereocenters. The van der Waals surface area contributed by atoms with Gasteiger partial charge in [-0.25, -0.2) is 4.79 Å². The van der Waals surface area contributed by atoms with Gasteiger partial charge in [-0.1, -0.05) is 49.0 Å². The van der Waals surface area contributed by atoms with Gasteiger partial charge in [-0.3, -0.25) is 0 Å². The smallest absolute Gasteiger partial charge is 0.337 e. The Morgan fingerprint density at radius 1 is 0.923 bits per heavy atom. The Kier molecular flexibility index (Phi) is 4.43. The van der Waals surface area contributed by atoms with E-state index in [1.54, 1.807) is 11.8 Å². The van der Waals surface area contributed by atoms with Gasteiger partial charge in [0.2, 0.25) is 0 Å². The first-order chi connectivity index (χ1) is 12.7. The molecule has 1 N–H and O–H groups in total. The van der Waals surface area contributed by atoms with Crippen LogP contribution in [0.1, 0.15) is 34.3 Å². The zero-order valence-corrected chi connectivity index (χ0v) is 15.5. The summed E-state index contributed by atoms with van der Waals surface area (Å²) in [6.45, 7) is 2.18. The zero-order valence-electron chi connectivity index (χ0n) is 14.7. The SMILES string of the molecule is COC(=O)c1ccc(C(C)c2ccc3c(c2)Nc2ccccc2S3)cc1. The van der Waals surface area contributed by atoms with E-state index in [0.717, 1.165) is 11.4 Å². The van der Waals surface area contributed by atoms with E-state index in [4.69, 9.17) is 4.74 Å². The molecule has 0 saturated heterocycles. The molecule has 4 rings (SSSR count). The highest BCUT2D eigenvalue weighted by molar-refractivity contribution is 7.99. The van der Waals surface area contributed by atoms with E-state index < -0.39 is 0 Å². The molecule has 1 aliphatic rings. The minimum Gasteiger partial charge on any atom is -0.465 e. The molecule has 1 heterocycles. The molecule has 26 heavy (non-hydrogen) atoms. The number of carbonyl (C=O) groups is 1. The van der Waals surface area contributed by atoms with Gasteiger partial charge >= 0.3 is 5.97 Å². The lowest BCUT2D eigenvalue weighted by molar-refractivity contribution is 0.0600. The van der Waals surface area contributed by atoms with Crippen LogP contribution in [0, 0.1) is 0 Å². The molecule has 0 aromatic heterocycles. The Morgan fingerprint density at radius 2 is 1.62 bits per heavy atom. The standard InChI is InChI=1S/C22H19NO2S/c1-14(15-7-9-16(10-8-15)22(24)25-2)17-11-12-21-19(13-17)23-18-5-3-4-6-20(18)26-21/h3-14,23H,1-2H3. The molecule has 0 bridgehead atoms. The summed E-state index contributed by atoms with van der Waals surface area (Å²) >= 11 is 1.79. The molecule has 130 valence electrons. The fraction of sp³-hybridized carbons (Fsp3) is 0.136. The number of fused-ring (bicyclic) bond motifs is 2. The van der Waals surface area contributed by atoms with Gasteiger partial charge in [0.05, 0.1) is 24.0 Å². The average molecular weight is 361 g/mol. The van der Waals surface area contributed by atoms with Crippen molar-refractivity contribution in [2.45, 2.75) is 22.6 Å². The number of carbonyl (C=O) groups excluding carboxylic acids is 1. The Labute approximate surface area is 157 Å². The largest absolute Gasteiger partial charge is 0.465 e. The second-order valence-corrected chi connectivity index (χ2v) is 7.40. The summed E-state index contributed by atoms with van der Waals surface area (Å²) in [6, 6.07) is 22.6. The number of methoxy groups -OCH3 is 1. The quantitative estimate of drug-likeness (QED) is 0.466. The molecule has 0 fully saturated rings. The van der Waals surface area contributed by atoms with Gasteiger partial charge in [0.25, 0.3) is 0 Å². The number of hydrogen-bond donors (Lipinski definition) is 1. The van der Waals surface area contributed by atoms with Crippen LogP contribution < -0.4 is 5.32 Å². The fourth-order valence-electron chi connectivity index (χ4n) is 3.14. The molecule has 3 nitrogen and oxygen atoms in total. The van der Waals surface area contributed by atoms with Crippen molar-refractivity contribution in [3.8, 4) is 0 Å². The lowest BCUT2D eigenvalue weighted by Gasteiger charge is -2.22. The van der Waals surface area contributed by atoms with Crippen molar-refractivity contribution < 1.29 is 9.53 Å². The molecule has 0 radical (unpaired) electrons. The van der Waals surface area contributed by atoms with Crippen LogP contribution in [0.15, 0.2) is 76.5 Å². The minimum atomic E-state index is -0.308. The normalized spacial score (nSPS) is 13.2. The molecule has 1 aliphatic heterocycles. The highest BCUT2D eigenvalue weighted by Gasteiger charge is 2.17. The molecule has 1 atom stereocenters. The highest BCUT2D eigenvalue weighted by atomic mass is 32.2. The van der Waals surface area contributed by atoms with Crippen molar-refractivity contribution >= 4 is 29.1 Å². The van der Waals surface area contributed by atoms with Crippen LogP contribution in [-0.4, -0.2) is 13.1 Å². The summed E-state index contributed by atoms with van der Waals surface area (Å²) in [6.07, 6.45) is 0. The second-order valence-electron chi connectivity index (χ2n) is 6.31. The minimum absolute atomic E-state index is 0.232. The Bertz CT molecular complexity index is 966. The van der Waals surface area contributed by atoms with E-state index in [1.807, 2.05) is 30.3 Å². The van der Waals surface area contributed by atoms with E-state index in [1.165, 1.54) is 28.0 Å². The molecule has 3 aromatic carbocycles. The number of para-hydroxylation sites is 1. The van der Waals surface area contributed by atoms with Crippen LogP contribution in [0.2, 0.25) is 0 Å². The first kappa shape index (κ1) is 16.7. The van der Waals surface area contributed by atoms with Crippen molar-refractivity contribution in [3.05, 3.63) is 83.4 Å². The monoisotopic (exact) mass is 361 g/mol. The number of esters is 1. The molecule has 4 heteroatoms. The van der Waals surface area contributed by atoms with Crippen LogP contribution in [0.25, 0.3) is 0 Å². The Balaban J connectivity index is 1.60. The van der Waals surface area contributed by atoms with Crippen molar-refractivity contribution in [2.75, 3.05) is 12.4 Å². The van der Waals surface area contributed by atoms with Crippen LogP contribution in [0.4, 0.5) is 11.4 Å². The number of ether oxygens (including phenoxy) is 1. The summed E-state index contributed by atoms with van der Waals surface area (Å²) in [5, 5.41) is 3.54. The maximum absolute atomic E-state index is 11.6. The van der Waals surface area contributed by atoms with Gasteiger partial charge in [-0.05, 0) is 47.5 Å². The lowest BCUT2D eigenvalue weighted by Crippen LogP contribution is -2.04. The molecular weight excluding hydrogens is 342 g/mol. The first-order valence-electron chi connectivity index (χ1n) is 8.52. The van der Waals surface area contributed by atoms with Crippen LogP contribution in [0.3, 0.4) is 0 Å². The van der Waals surface area contributed by atoms with Gasteiger partial charge in [-0.2, -0.15) is 0 Å². The number of nitrogens with one attached hydrogen (secondary N) is 1. The van der Waals surface area contributed by atoms with E-state index in [2.05, 4.69) is 48.6 Å². The van der Waals surface area contributed by atoms with E-state index in [-0.39, 0.29) is 11.9 Å². The third kappa shape index (κ3) is 3.08. The summed E-state index contributed by atoms with van der Waals surface area (Å²) < 4.78 is 4.76. The zero-order chi connectivity index (χ0) is 18.1. The molecule has 0 amide bonds. The number of anilines is 2.